The number of esters is 1. The molecule has 192 valence electrons. The maximum absolute atomic E-state index is 13.8. The Morgan fingerprint density at radius 1 is 1.00 bits per heavy atom. The minimum atomic E-state index is -1.65. The van der Waals surface area contributed by atoms with Crippen molar-refractivity contribution >= 4 is 17.3 Å². The summed E-state index contributed by atoms with van der Waals surface area (Å²) < 4.78 is 12.6. The fraction of sp³-hybridized carbons (Fsp3) is 0.312. The zero-order valence-corrected chi connectivity index (χ0v) is 22.0. The van der Waals surface area contributed by atoms with E-state index in [0.29, 0.717) is 34.2 Å². The Balaban J connectivity index is 2.03. The molecule has 4 rings (SSSR count). The summed E-state index contributed by atoms with van der Waals surface area (Å²) in [5.41, 5.74) is 5.26. The Labute approximate surface area is 218 Å². The van der Waals surface area contributed by atoms with Crippen LogP contribution in [0.25, 0.3) is 16.7 Å². The van der Waals surface area contributed by atoms with Crippen molar-refractivity contribution in [2.24, 2.45) is 0 Å². The largest absolute Gasteiger partial charge is 0.507 e. The van der Waals surface area contributed by atoms with Gasteiger partial charge in [0, 0.05) is 5.56 Å². The quantitative estimate of drug-likeness (QED) is 0.244. The van der Waals surface area contributed by atoms with Crippen LogP contribution in [0.2, 0.25) is 0 Å². The normalized spacial score (nSPS) is 16.5. The first-order valence-electron chi connectivity index (χ1n) is 12.8. The molecule has 0 radical (unpaired) electrons. The van der Waals surface area contributed by atoms with Gasteiger partial charge in [0.2, 0.25) is 0 Å². The molecular formula is C32H34O5. The van der Waals surface area contributed by atoms with Gasteiger partial charge in [-0.3, -0.25) is 4.79 Å². The lowest BCUT2D eigenvalue weighted by atomic mass is 9.88. The highest BCUT2D eigenvalue weighted by atomic mass is 16.7. The highest BCUT2D eigenvalue weighted by Gasteiger charge is 2.47. The van der Waals surface area contributed by atoms with Crippen molar-refractivity contribution in [3.8, 4) is 22.6 Å². The van der Waals surface area contributed by atoms with Crippen LogP contribution in [0.1, 0.15) is 79.1 Å². The molecule has 1 aliphatic rings. The van der Waals surface area contributed by atoms with Crippen LogP contribution in [0.5, 0.6) is 11.5 Å². The van der Waals surface area contributed by atoms with Gasteiger partial charge in [-0.2, -0.15) is 0 Å². The summed E-state index contributed by atoms with van der Waals surface area (Å²) in [5.74, 6) is -2.15. The van der Waals surface area contributed by atoms with E-state index < -0.39 is 11.8 Å². The van der Waals surface area contributed by atoms with Crippen LogP contribution in [0.4, 0.5) is 0 Å². The lowest BCUT2D eigenvalue weighted by Crippen LogP contribution is -2.44. The summed E-state index contributed by atoms with van der Waals surface area (Å²) in [6, 6.07) is 16.6. The summed E-state index contributed by atoms with van der Waals surface area (Å²) in [5, 5.41) is 11.4. The summed E-state index contributed by atoms with van der Waals surface area (Å²) in [7, 11) is 0. The number of cyclic esters (lactones) is 1. The number of allylic oxidation sites excluding steroid dienone is 1. The Kier molecular flexibility index (Phi) is 7.53. The molecule has 0 amide bonds. The number of aromatic hydroxyl groups is 1. The van der Waals surface area contributed by atoms with Crippen molar-refractivity contribution < 1.29 is 24.2 Å². The molecule has 0 bridgehead atoms. The van der Waals surface area contributed by atoms with E-state index >= 15 is 0 Å². The number of hydrogen-bond acceptors (Lipinski definition) is 5. The van der Waals surface area contributed by atoms with Crippen LogP contribution in [0.3, 0.4) is 0 Å². The lowest BCUT2D eigenvalue weighted by molar-refractivity contribution is -0.171. The third-order valence-electron chi connectivity index (χ3n) is 6.72. The monoisotopic (exact) mass is 498 g/mol. The van der Waals surface area contributed by atoms with Gasteiger partial charge in [0.15, 0.2) is 5.75 Å². The molecule has 3 aromatic carbocycles. The third kappa shape index (κ3) is 5.17. The van der Waals surface area contributed by atoms with E-state index in [2.05, 4.69) is 13.5 Å². The number of Topliss-reactive ketones (excluding diaryl/α,β-unsaturated/α-hetero) is 1. The number of carbonyl (C=O) groups excluding carboxylic acids is 2. The van der Waals surface area contributed by atoms with Crippen molar-refractivity contribution in [2.75, 3.05) is 0 Å². The van der Waals surface area contributed by atoms with E-state index in [1.54, 1.807) is 18.2 Å². The number of phenolic OH excluding ortho intramolecular Hbond substituents is 1. The summed E-state index contributed by atoms with van der Waals surface area (Å²) in [4.78, 5) is 26.2. The number of hydrogen-bond donors (Lipinski definition) is 1. The van der Waals surface area contributed by atoms with E-state index in [-0.39, 0.29) is 23.7 Å². The van der Waals surface area contributed by atoms with Crippen molar-refractivity contribution in [3.63, 3.8) is 0 Å². The zero-order valence-electron chi connectivity index (χ0n) is 22.0. The van der Waals surface area contributed by atoms with Gasteiger partial charge in [0.25, 0.3) is 5.79 Å². The van der Waals surface area contributed by atoms with Gasteiger partial charge < -0.3 is 14.6 Å². The van der Waals surface area contributed by atoms with Crippen molar-refractivity contribution in [2.45, 2.75) is 65.6 Å². The van der Waals surface area contributed by atoms with Crippen LogP contribution in [-0.4, -0.2) is 16.9 Å². The predicted molar refractivity (Wildman–Crippen MR) is 146 cm³/mol. The second-order valence-corrected chi connectivity index (χ2v) is 9.91. The molecule has 1 atom stereocenters. The van der Waals surface area contributed by atoms with Crippen LogP contribution < -0.4 is 4.74 Å². The van der Waals surface area contributed by atoms with Crippen LogP contribution in [-0.2, 0) is 21.7 Å². The third-order valence-corrected chi connectivity index (χ3v) is 6.72. The lowest BCUT2D eigenvalue weighted by Gasteiger charge is -2.39. The maximum Gasteiger partial charge on any atom is 0.345 e. The predicted octanol–water partition coefficient (Wildman–Crippen LogP) is 7.51. The number of benzene rings is 3. The first kappa shape index (κ1) is 26.2. The molecule has 0 spiro atoms. The van der Waals surface area contributed by atoms with Crippen molar-refractivity contribution in [1.82, 2.24) is 0 Å². The average molecular weight is 499 g/mol. The van der Waals surface area contributed by atoms with Crippen LogP contribution in [0, 0.1) is 6.92 Å². The van der Waals surface area contributed by atoms with Gasteiger partial charge in [-0.05, 0) is 56.4 Å². The molecule has 1 heterocycles. The molecule has 0 saturated carbocycles. The van der Waals surface area contributed by atoms with E-state index in [9.17, 15) is 14.7 Å². The Morgan fingerprint density at radius 2 is 1.73 bits per heavy atom. The number of aryl methyl sites for hydroxylation is 2. The number of carbonyl (C=O) groups is 2. The van der Waals surface area contributed by atoms with Crippen LogP contribution >= 0.6 is 0 Å². The molecule has 0 fully saturated rings. The first-order valence-corrected chi connectivity index (χ1v) is 12.8. The molecule has 1 N–H and O–H groups in total. The summed E-state index contributed by atoms with van der Waals surface area (Å²) in [6.45, 7) is 11.5. The molecule has 5 nitrogen and oxygen atoms in total. The number of rotatable bonds is 9. The molecule has 3 aromatic rings. The van der Waals surface area contributed by atoms with Gasteiger partial charge in [-0.15, -0.1) is 0 Å². The molecule has 0 aliphatic carbocycles. The topological polar surface area (TPSA) is 72.8 Å². The van der Waals surface area contributed by atoms with Gasteiger partial charge in [0.1, 0.15) is 17.1 Å². The molecule has 1 aliphatic heterocycles. The maximum atomic E-state index is 13.8. The van der Waals surface area contributed by atoms with Gasteiger partial charge >= 0.3 is 5.97 Å². The number of ether oxygens (including phenoxy) is 2. The second-order valence-electron chi connectivity index (χ2n) is 9.91. The van der Waals surface area contributed by atoms with Gasteiger partial charge in [-0.1, -0.05) is 86.0 Å². The minimum Gasteiger partial charge on any atom is -0.507 e. The highest BCUT2D eigenvalue weighted by Crippen LogP contribution is 2.51. The smallest absolute Gasteiger partial charge is 0.345 e. The molecule has 0 aromatic heterocycles. The van der Waals surface area contributed by atoms with E-state index in [0.717, 1.165) is 36.0 Å². The number of fused-ring (bicyclic) bond motifs is 1. The Morgan fingerprint density at radius 3 is 2.38 bits per heavy atom. The number of unbranched alkanes of at least 4 members (excludes halogenated alkanes) is 2. The van der Waals surface area contributed by atoms with Gasteiger partial charge in [0.05, 0.1) is 12.0 Å². The SMILES string of the molecule is C=C(C)c1ccc(C)cc1-c1c(O)cc(CCCCC)c2c1OC(CC(C)=O)(c1ccccc1)OC2=O. The van der Waals surface area contributed by atoms with E-state index in [4.69, 9.17) is 9.47 Å². The number of phenols is 1. The van der Waals surface area contributed by atoms with Gasteiger partial charge in [-0.25, -0.2) is 4.79 Å². The summed E-state index contributed by atoms with van der Waals surface area (Å²) >= 11 is 0. The summed E-state index contributed by atoms with van der Waals surface area (Å²) in [6.07, 6.45) is 3.30. The molecule has 37 heavy (non-hydrogen) atoms. The minimum absolute atomic E-state index is 0.0119. The highest BCUT2D eigenvalue weighted by molar-refractivity contribution is 6.01. The molecule has 1 unspecified atom stereocenters. The van der Waals surface area contributed by atoms with E-state index in [1.807, 2.05) is 50.2 Å². The molecule has 0 saturated heterocycles. The Hall–Kier alpha value is -3.86. The molecule has 5 heteroatoms. The number of ketones is 1. The zero-order chi connectivity index (χ0) is 26.7. The molecular weight excluding hydrogens is 464 g/mol. The second kappa shape index (κ2) is 10.6. The van der Waals surface area contributed by atoms with Crippen molar-refractivity contribution in [3.05, 3.63) is 89.0 Å². The Bertz CT molecular complexity index is 1360. The van der Waals surface area contributed by atoms with Crippen LogP contribution in [0.15, 0.2) is 61.2 Å². The fourth-order valence-corrected chi connectivity index (χ4v) is 4.98. The first-order chi connectivity index (χ1) is 17.7. The van der Waals surface area contributed by atoms with E-state index in [1.165, 1.54) is 6.92 Å². The van der Waals surface area contributed by atoms with Crippen molar-refractivity contribution in [1.29, 1.82) is 0 Å². The average Bonchev–Trinajstić information content (AvgIpc) is 2.83. The fourth-order valence-electron chi connectivity index (χ4n) is 4.98. The standard InChI is InChI=1S/C32H34O5/c1-6-7-9-12-23-18-27(34)29(26-17-21(4)15-16-25(26)20(2)3)30-28(23)31(35)37-32(36-30,19-22(5)33)24-13-10-8-11-14-24/h8,10-11,13-18,34H,2,6-7,9,12,19H2,1,3-5H3.